The Bertz CT molecular complexity index is 408. The van der Waals surface area contributed by atoms with Crippen LogP contribution in [-0.2, 0) is 5.92 Å². The van der Waals surface area contributed by atoms with Crippen molar-refractivity contribution in [3.05, 3.63) is 35.4 Å². The van der Waals surface area contributed by atoms with E-state index in [-0.39, 0.29) is 11.1 Å². The molecule has 1 aliphatic rings. The Morgan fingerprint density at radius 1 is 1.14 bits per heavy atom. The van der Waals surface area contributed by atoms with Crippen molar-refractivity contribution in [2.24, 2.45) is 5.41 Å². The molecule has 0 heterocycles. The first kappa shape index (κ1) is 9.31. The summed E-state index contributed by atoms with van der Waals surface area (Å²) in [4.78, 5) is 11.7. The molecule has 0 amide bonds. The normalized spacial score (nSPS) is 22.1. The second kappa shape index (κ2) is 2.41. The van der Waals surface area contributed by atoms with Crippen molar-refractivity contribution in [1.82, 2.24) is 0 Å². The third-order valence-corrected chi connectivity index (χ3v) is 2.86. The first-order valence-electron chi connectivity index (χ1n) is 4.41. The fraction of sp³-hybridized carbons (Fsp3) is 0.364. The zero-order chi connectivity index (χ0) is 10.6. The van der Waals surface area contributed by atoms with Gasteiger partial charge in [0.2, 0.25) is 0 Å². The number of hydrogen-bond acceptors (Lipinski definition) is 1. The first-order valence-corrected chi connectivity index (χ1v) is 4.41. The minimum atomic E-state index is -3.05. The van der Waals surface area contributed by atoms with E-state index in [1.54, 1.807) is 6.07 Å². The average molecular weight is 196 g/mol. The molecular weight excluding hydrogens is 186 g/mol. The van der Waals surface area contributed by atoms with Crippen LogP contribution in [0.1, 0.15) is 29.8 Å². The van der Waals surface area contributed by atoms with Gasteiger partial charge in [-0.15, -0.1) is 0 Å². The third kappa shape index (κ3) is 0.846. The van der Waals surface area contributed by atoms with Gasteiger partial charge in [0.15, 0.2) is 5.78 Å². The molecule has 0 N–H and O–H groups in total. The zero-order valence-electron chi connectivity index (χ0n) is 7.97. The van der Waals surface area contributed by atoms with E-state index in [4.69, 9.17) is 0 Å². The van der Waals surface area contributed by atoms with Gasteiger partial charge in [-0.2, -0.15) is 0 Å². The smallest absolute Gasteiger partial charge is 0.286 e. The molecule has 0 atom stereocenters. The summed E-state index contributed by atoms with van der Waals surface area (Å²) < 4.78 is 27.5. The lowest BCUT2D eigenvalue weighted by Gasteiger charge is -2.24. The Kier molecular flexibility index (Phi) is 1.60. The highest BCUT2D eigenvalue weighted by molar-refractivity contribution is 6.05. The van der Waals surface area contributed by atoms with Crippen molar-refractivity contribution < 1.29 is 13.6 Å². The lowest BCUT2D eigenvalue weighted by molar-refractivity contribution is -0.0829. The van der Waals surface area contributed by atoms with Crippen LogP contribution >= 0.6 is 0 Å². The molecule has 0 saturated heterocycles. The van der Waals surface area contributed by atoms with E-state index in [1.165, 1.54) is 32.0 Å². The highest BCUT2D eigenvalue weighted by atomic mass is 19.3. The summed E-state index contributed by atoms with van der Waals surface area (Å²) in [6.45, 7) is 2.57. The van der Waals surface area contributed by atoms with Gasteiger partial charge in [-0.25, -0.2) is 8.78 Å². The van der Waals surface area contributed by atoms with Crippen LogP contribution in [0.2, 0.25) is 0 Å². The SMILES string of the molecule is CC1(C)C(=O)c2ccccc2C1(F)F. The first-order chi connectivity index (χ1) is 6.39. The molecule has 0 saturated carbocycles. The topological polar surface area (TPSA) is 17.1 Å². The highest BCUT2D eigenvalue weighted by Crippen LogP contribution is 2.53. The molecule has 0 bridgehead atoms. The van der Waals surface area contributed by atoms with Crippen LogP contribution in [-0.4, -0.2) is 5.78 Å². The molecule has 1 aromatic carbocycles. The van der Waals surface area contributed by atoms with Crippen LogP contribution in [0, 0.1) is 5.41 Å². The van der Waals surface area contributed by atoms with Crippen molar-refractivity contribution >= 4 is 5.78 Å². The molecule has 0 radical (unpaired) electrons. The van der Waals surface area contributed by atoms with Gasteiger partial charge in [-0.05, 0) is 13.8 Å². The number of carbonyl (C=O) groups excluding carboxylic acids is 1. The second-order valence-corrected chi connectivity index (χ2v) is 4.07. The molecule has 0 unspecified atom stereocenters. The maximum Gasteiger partial charge on any atom is 0.286 e. The number of rotatable bonds is 0. The van der Waals surface area contributed by atoms with Gasteiger partial charge in [-0.1, -0.05) is 24.3 Å². The van der Waals surface area contributed by atoms with Crippen molar-refractivity contribution in [3.8, 4) is 0 Å². The molecule has 0 fully saturated rings. The zero-order valence-corrected chi connectivity index (χ0v) is 7.97. The Morgan fingerprint density at radius 2 is 1.71 bits per heavy atom. The minimum absolute atomic E-state index is 0.144. The van der Waals surface area contributed by atoms with Crippen LogP contribution in [0.3, 0.4) is 0 Å². The minimum Gasteiger partial charge on any atom is -0.293 e. The highest BCUT2D eigenvalue weighted by Gasteiger charge is 2.59. The summed E-state index contributed by atoms with van der Waals surface area (Å²) in [5.41, 5.74) is -1.60. The van der Waals surface area contributed by atoms with E-state index in [1.807, 2.05) is 0 Å². The van der Waals surface area contributed by atoms with Crippen LogP contribution < -0.4 is 0 Å². The summed E-state index contributed by atoms with van der Waals surface area (Å²) in [6.07, 6.45) is 0. The van der Waals surface area contributed by atoms with E-state index >= 15 is 0 Å². The number of alkyl halides is 2. The van der Waals surface area contributed by atoms with Gasteiger partial charge in [0, 0.05) is 11.1 Å². The fourth-order valence-electron chi connectivity index (χ4n) is 1.77. The van der Waals surface area contributed by atoms with E-state index in [9.17, 15) is 13.6 Å². The largest absolute Gasteiger partial charge is 0.293 e. The van der Waals surface area contributed by atoms with E-state index in [2.05, 4.69) is 0 Å². The number of carbonyl (C=O) groups is 1. The fourth-order valence-corrected chi connectivity index (χ4v) is 1.77. The maximum atomic E-state index is 13.7. The molecule has 1 aliphatic carbocycles. The molecule has 1 nitrogen and oxygen atoms in total. The molecule has 0 spiro atoms. The van der Waals surface area contributed by atoms with Crippen molar-refractivity contribution in [3.63, 3.8) is 0 Å². The Hall–Kier alpha value is -1.25. The van der Waals surface area contributed by atoms with Gasteiger partial charge in [0.25, 0.3) is 5.92 Å². The standard InChI is InChI=1S/C11H10F2O/c1-10(2)9(14)7-5-3-4-6-8(7)11(10,12)13/h3-6H,1-2H3. The summed E-state index contributed by atoms with van der Waals surface area (Å²) in [5.74, 6) is -3.53. The molecule has 3 heteroatoms. The number of halogens is 2. The van der Waals surface area contributed by atoms with E-state index < -0.39 is 17.1 Å². The Labute approximate surface area is 80.7 Å². The van der Waals surface area contributed by atoms with Crippen molar-refractivity contribution in [2.75, 3.05) is 0 Å². The molecule has 74 valence electrons. The lowest BCUT2D eigenvalue weighted by atomic mass is 9.85. The molecule has 0 aliphatic heterocycles. The third-order valence-electron chi connectivity index (χ3n) is 2.86. The van der Waals surface area contributed by atoms with Gasteiger partial charge in [0.05, 0.1) is 5.41 Å². The summed E-state index contributed by atoms with van der Waals surface area (Å²) >= 11 is 0. The van der Waals surface area contributed by atoms with Gasteiger partial charge in [0.1, 0.15) is 0 Å². The Balaban J connectivity index is 2.74. The predicted octanol–water partition coefficient (Wildman–Crippen LogP) is 3.00. The van der Waals surface area contributed by atoms with Crippen LogP contribution in [0.25, 0.3) is 0 Å². The summed E-state index contributed by atoms with van der Waals surface area (Å²) in [6, 6.07) is 5.91. The summed E-state index contributed by atoms with van der Waals surface area (Å²) in [5, 5.41) is 0. The molecule has 14 heavy (non-hydrogen) atoms. The van der Waals surface area contributed by atoms with Gasteiger partial charge < -0.3 is 0 Å². The quantitative estimate of drug-likeness (QED) is 0.623. The number of fused-ring (bicyclic) bond motifs is 1. The maximum absolute atomic E-state index is 13.7. The molecule has 0 aromatic heterocycles. The molecule has 1 aromatic rings. The average Bonchev–Trinajstić information content (AvgIpc) is 2.27. The lowest BCUT2D eigenvalue weighted by Crippen LogP contribution is -2.33. The van der Waals surface area contributed by atoms with Crippen molar-refractivity contribution in [1.29, 1.82) is 0 Å². The summed E-state index contributed by atoms with van der Waals surface area (Å²) in [7, 11) is 0. The second-order valence-electron chi connectivity index (χ2n) is 4.07. The van der Waals surface area contributed by atoms with E-state index in [0.717, 1.165) is 0 Å². The number of ketones is 1. The number of Topliss-reactive ketones (excluding diaryl/α,β-unsaturated/α-hetero) is 1. The molecule has 2 rings (SSSR count). The van der Waals surface area contributed by atoms with Crippen LogP contribution in [0.5, 0.6) is 0 Å². The monoisotopic (exact) mass is 196 g/mol. The van der Waals surface area contributed by atoms with Crippen LogP contribution in [0.15, 0.2) is 24.3 Å². The number of benzene rings is 1. The predicted molar refractivity (Wildman–Crippen MR) is 48.4 cm³/mol. The molecular formula is C11H10F2O. The van der Waals surface area contributed by atoms with Crippen molar-refractivity contribution in [2.45, 2.75) is 19.8 Å². The van der Waals surface area contributed by atoms with E-state index in [0.29, 0.717) is 0 Å². The van der Waals surface area contributed by atoms with Crippen LogP contribution in [0.4, 0.5) is 8.78 Å². The number of hydrogen-bond donors (Lipinski definition) is 0. The Morgan fingerprint density at radius 3 is 2.29 bits per heavy atom. The van der Waals surface area contributed by atoms with Gasteiger partial charge >= 0.3 is 0 Å². The van der Waals surface area contributed by atoms with Gasteiger partial charge in [-0.3, -0.25) is 4.79 Å².